The van der Waals surface area contributed by atoms with Gasteiger partial charge in [0.05, 0.1) is 6.61 Å². The van der Waals surface area contributed by atoms with Gasteiger partial charge in [0.25, 0.3) is 0 Å². The number of thioether (sulfide) groups is 1. The minimum absolute atomic E-state index is 0.110. The maximum absolute atomic E-state index is 9.54. The first-order valence-electron chi connectivity index (χ1n) is 7.50. The van der Waals surface area contributed by atoms with Gasteiger partial charge in [0.2, 0.25) is 0 Å². The van der Waals surface area contributed by atoms with Crippen molar-refractivity contribution in [3.05, 3.63) is 0 Å². The van der Waals surface area contributed by atoms with Crippen molar-refractivity contribution in [2.24, 2.45) is 5.92 Å². The molecule has 1 aliphatic rings. The second kappa shape index (κ2) is 7.76. The largest absolute Gasteiger partial charge is 0.394 e. The summed E-state index contributed by atoms with van der Waals surface area (Å²) in [5, 5.41) is 14.4. The van der Waals surface area contributed by atoms with E-state index in [9.17, 15) is 5.11 Å². The molecule has 0 aliphatic heterocycles. The average Bonchev–Trinajstić information content (AvgIpc) is 2.29. The summed E-state index contributed by atoms with van der Waals surface area (Å²) < 4.78 is 0. The zero-order chi connectivity index (χ0) is 13.6. The van der Waals surface area contributed by atoms with Crippen LogP contribution in [0.3, 0.4) is 0 Å². The van der Waals surface area contributed by atoms with Crippen molar-refractivity contribution >= 4 is 11.8 Å². The molecule has 2 nitrogen and oxygen atoms in total. The molecule has 1 fully saturated rings. The summed E-state index contributed by atoms with van der Waals surface area (Å²) in [4.78, 5) is 0. The molecule has 0 bridgehead atoms. The van der Waals surface area contributed by atoms with E-state index in [1.807, 2.05) is 0 Å². The molecular weight excluding hydrogens is 242 g/mol. The highest BCUT2D eigenvalue weighted by Crippen LogP contribution is 2.36. The second-order valence-corrected chi connectivity index (χ2v) is 8.04. The van der Waals surface area contributed by atoms with Crippen LogP contribution in [-0.2, 0) is 0 Å². The maximum atomic E-state index is 9.54. The first kappa shape index (κ1) is 16.3. The van der Waals surface area contributed by atoms with Gasteiger partial charge in [-0.05, 0) is 38.6 Å². The topological polar surface area (TPSA) is 32.3 Å². The SMILES string of the molecule is CCNC(C)(CO)CC(C)SC1CCCC(C)C1. The molecule has 0 amide bonds. The minimum Gasteiger partial charge on any atom is -0.394 e. The first-order chi connectivity index (χ1) is 8.49. The molecule has 2 N–H and O–H groups in total. The van der Waals surface area contributed by atoms with E-state index in [0.29, 0.717) is 5.25 Å². The van der Waals surface area contributed by atoms with E-state index in [-0.39, 0.29) is 12.1 Å². The van der Waals surface area contributed by atoms with Crippen LogP contribution in [0, 0.1) is 5.92 Å². The lowest BCUT2D eigenvalue weighted by Gasteiger charge is -2.34. The van der Waals surface area contributed by atoms with Gasteiger partial charge in [-0.15, -0.1) is 0 Å². The highest BCUT2D eigenvalue weighted by molar-refractivity contribution is 8.00. The van der Waals surface area contributed by atoms with Crippen LogP contribution in [0.5, 0.6) is 0 Å². The van der Waals surface area contributed by atoms with Crippen LogP contribution in [-0.4, -0.2) is 34.3 Å². The molecule has 18 heavy (non-hydrogen) atoms. The predicted octanol–water partition coefficient (Wildman–Crippen LogP) is 3.44. The van der Waals surface area contributed by atoms with Gasteiger partial charge in [0.1, 0.15) is 0 Å². The molecule has 3 heteroatoms. The van der Waals surface area contributed by atoms with E-state index in [1.54, 1.807) is 0 Å². The second-order valence-electron chi connectivity index (χ2n) is 6.29. The van der Waals surface area contributed by atoms with Crippen LogP contribution in [0.15, 0.2) is 0 Å². The van der Waals surface area contributed by atoms with Crippen molar-refractivity contribution < 1.29 is 5.11 Å². The van der Waals surface area contributed by atoms with E-state index in [0.717, 1.165) is 24.1 Å². The summed E-state index contributed by atoms with van der Waals surface area (Å²) in [7, 11) is 0. The number of aliphatic hydroxyl groups excluding tert-OH is 1. The summed E-state index contributed by atoms with van der Waals surface area (Å²) in [6, 6.07) is 0. The van der Waals surface area contributed by atoms with Gasteiger partial charge >= 0.3 is 0 Å². The van der Waals surface area contributed by atoms with Gasteiger partial charge in [-0.3, -0.25) is 0 Å². The van der Waals surface area contributed by atoms with Crippen LogP contribution < -0.4 is 5.32 Å². The van der Waals surface area contributed by atoms with Crippen LogP contribution in [0.25, 0.3) is 0 Å². The van der Waals surface area contributed by atoms with E-state index in [2.05, 4.69) is 44.8 Å². The molecule has 0 aromatic carbocycles. The Labute approximate surface area is 117 Å². The van der Waals surface area contributed by atoms with Gasteiger partial charge in [-0.2, -0.15) is 11.8 Å². The minimum atomic E-state index is -0.110. The fourth-order valence-corrected chi connectivity index (χ4v) is 5.00. The molecule has 4 unspecified atom stereocenters. The Kier molecular flexibility index (Phi) is 7.04. The third-order valence-electron chi connectivity index (χ3n) is 4.00. The van der Waals surface area contributed by atoms with Gasteiger partial charge < -0.3 is 10.4 Å². The molecule has 0 radical (unpaired) electrons. The number of nitrogens with one attached hydrogen (secondary N) is 1. The van der Waals surface area contributed by atoms with E-state index >= 15 is 0 Å². The molecule has 108 valence electrons. The highest BCUT2D eigenvalue weighted by Gasteiger charge is 2.27. The zero-order valence-corrected chi connectivity index (χ0v) is 13.4. The third kappa shape index (κ3) is 5.50. The molecule has 0 heterocycles. The Balaban J connectivity index is 2.37. The molecule has 0 spiro atoms. The summed E-state index contributed by atoms with van der Waals surface area (Å²) in [5.41, 5.74) is -0.110. The molecular formula is C15H31NOS. The van der Waals surface area contributed by atoms with Crippen molar-refractivity contribution in [3.63, 3.8) is 0 Å². The molecule has 4 atom stereocenters. The maximum Gasteiger partial charge on any atom is 0.0611 e. The summed E-state index contributed by atoms with van der Waals surface area (Å²) in [6.07, 6.45) is 6.63. The van der Waals surface area contributed by atoms with Crippen molar-refractivity contribution in [1.82, 2.24) is 5.32 Å². The Hall–Kier alpha value is 0.270. The Bertz CT molecular complexity index is 237. The van der Waals surface area contributed by atoms with Crippen molar-refractivity contribution in [2.45, 2.75) is 75.8 Å². The van der Waals surface area contributed by atoms with Crippen molar-refractivity contribution in [1.29, 1.82) is 0 Å². The van der Waals surface area contributed by atoms with Gasteiger partial charge in [0, 0.05) is 16.0 Å². The number of hydrogen-bond donors (Lipinski definition) is 2. The number of aliphatic hydroxyl groups is 1. The first-order valence-corrected chi connectivity index (χ1v) is 8.44. The summed E-state index contributed by atoms with van der Waals surface area (Å²) in [6.45, 7) is 10.1. The zero-order valence-electron chi connectivity index (χ0n) is 12.5. The van der Waals surface area contributed by atoms with Crippen LogP contribution >= 0.6 is 11.8 Å². The molecule has 0 saturated heterocycles. The van der Waals surface area contributed by atoms with Crippen LogP contribution in [0.4, 0.5) is 0 Å². The monoisotopic (exact) mass is 273 g/mol. The molecule has 1 rings (SSSR count). The number of likely N-dealkylation sites (N-methyl/N-ethyl adjacent to an activating group) is 1. The predicted molar refractivity (Wildman–Crippen MR) is 82.3 cm³/mol. The van der Waals surface area contributed by atoms with Crippen molar-refractivity contribution in [3.8, 4) is 0 Å². The van der Waals surface area contributed by atoms with Crippen LogP contribution in [0.1, 0.15) is 59.8 Å². The summed E-state index contributed by atoms with van der Waals surface area (Å²) >= 11 is 2.14. The number of rotatable bonds is 7. The van der Waals surface area contributed by atoms with Crippen molar-refractivity contribution in [2.75, 3.05) is 13.2 Å². The van der Waals surface area contributed by atoms with E-state index in [1.165, 1.54) is 25.7 Å². The van der Waals surface area contributed by atoms with Gasteiger partial charge in [0.15, 0.2) is 0 Å². The average molecular weight is 273 g/mol. The van der Waals surface area contributed by atoms with Crippen LogP contribution in [0.2, 0.25) is 0 Å². The third-order valence-corrected chi connectivity index (χ3v) is 5.45. The lowest BCUT2D eigenvalue weighted by atomic mass is 9.90. The quantitative estimate of drug-likeness (QED) is 0.745. The van der Waals surface area contributed by atoms with Gasteiger partial charge in [-0.25, -0.2) is 0 Å². The van der Waals surface area contributed by atoms with Gasteiger partial charge in [-0.1, -0.05) is 33.6 Å². The molecule has 0 aromatic heterocycles. The lowest BCUT2D eigenvalue weighted by Crippen LogP contribution is -2.47. The fraction of sp³-hybridized carbons (Fsp3) is 1.00. The molecule has 1 saturated carbocycles. The van der Waals surface area contributed by atoms with E-state index < -0.39 is 0 Å². The van der Waals surface area contributed by atoms with E-state index in [4.69, 9.17) is 0 Å². The molecule has 0 aromatic rings. The fourth-order valence-electron chi connectivity index (χ4n) is 3.13. The molecule has 1 aliphatic carbocycles. The lowest BCUT2D eigenvalue weighted by molar-refractivity contribution is 0.168. The number of hydrogen-bond acceptors (Lipinski definition) is 3. The normalized spacial score (nSPS) is 29.8. The Morgan fingerprint density at radius 3 is 2.72 bits per heavy atom. The summed E-state index contributed by atoms with van der Waals surface area (Å²) in [5.74, 6) is 0.904. The smallest absolute Gasteiger partial charge is 0.0611 e. The highest BCUT2D eigenvalue weighted by atomic mass is 32.2. The Morgan fingerprint density at radius 1 is 1.44 bits per heavy atom. The Morgan fingerprint density at radius 2 is 2.17 bits per heavy atom. The standard InChI is InChI=1S/C15H31NOS/c1-5-16-15(4,11-17)10-13(3)18-14-8-6-7-12(2)9-14/h12-14,16-17H,5-11H2,1-4H3.